The van der Waals surface area contributed by atoms with E-state index in [9.17, 15) is 4.79 Å². The van der Waals surface area contributed by atoms with E-state index < -0.39 is 0 Å². The van der Waals surface area contributed by atoms with E-state index in [2.05, 4.69) is 18.8 Å². The summed E-state index contributed by atoms with van der Waals surface area (Å²) in [4.78, 5) is 18.3. The molecule has 3 rings (SSSR count). The molecule has 2 heterocycles. The van der Waals surface area contributed by atoms with Gasteiger partial charge in [-0.2, -0.15) is 0 Å². The lowest BCUT2D eigenvalue weighted by Gasteiger charge is -2.17. The first kappa shape index (κ1) is 17.3. The third-order valence-electron chi connectivity index (χ3n) is 4.33. The minimum absolute atomic E-state index is 0.0100. The van der Waals surface area contributed by atoms with E-state index in [1.807, 2.05) is 42.5 Å². The van der Waals surface area contributed by atoms with Gasteiger partial charge in [-0.25, -0.2) is 4.98 Å². The van der Waals surface area contributed by atoms with Gasteiger partial charge < -0.3 is 14.4 Å². The first-order valence-electron chi connectivity index (χ1n) is 8.70. The van der Waals surface area contributed by atoms with E-state index in [4.69, 9.17) is 9.47 Å². The molecule has 25 heavy (non-hydrogen) atoms. The fraction of sp³-hybridized carbons (Fsp3) is 0.400. The van der Waals surface area contributed by atoms with Gasteiger partial charge in [0, 0.05) is 25.2 Å². The molecule has 1 amide bonds. The van der Waals surface area contributed by atoms with Crippen LogP contribution in [0.2, 0.25) is 0 Å². The molecule has 0 saturated carbocycles. The Kier molecular flexibility index (Phi) is 5.53. The predicted octanol–water partition coefficient (Wildman–Crippen LogP) is 3.26. The molecule has 2 aromatic rings. The molecule has 0 N–H and O–H groups in total. The first-order chi connectivity index (χ1) is 12.1. The number of carbonyl (C=O) groups excluding carboxylic acids is 1. The molecule has 0 bridgehead atoms. The number of pyridine rings is 1. The fourth-order valence-electron chi connectivity index (χ4n) is 2.82. The molecule has 1 aliphatic rings. The quantitative estimate of drug-likeness (QED) is 0.810. The van der Waals surface area contributed by atoms with Crippen LogP contribution in [-0.4, -0.2) is 41.6 Å². The lowest BCUT2D eigenvalue weighted by atomic mass is 10.0. The number of nitrogens with zero attached hydrogens (tertiary/aromatic N) is 2. The average molecular weight is 340 g/mol. The summed E-state index contributed by atoms with van der Waals surface area (Å²) in [5, 5.41) is 0. The molecule has 0 spiro atoms. The maximum Gasteiger partial charge on any atom is 0.260 e. The Bertz CT molecular complexity index is 686. The van der Waals surface area contributed by atoms with Gasteiger partial charge in [-0.05, 0) is 29.7 Å². The van der Waals surface area contributed by atoms with Gasteiger partial charge in [0.15, 0.2) is 6.61 Å². The van der Waals surface area contributed by atoms with Gasteiger partial charge in [0.1, 0.15) is 11.9 Å². The van der Waals surface area contributed by atoms with E-state index in [0.29, 0.717) is 24.9 Å². The van der Waals surface area contributed by atoms with Crippen molar-refractivity contribution in [3.63, 3.8) is 0 Å². The maximum absolute atomic E-state index is 12.3. The van der Waals surface area contributed by atoms with Crippen molar-refractivity contribution >= 4 is 5.91 Å². The summed E-state index contributed by atoms with van der Waals surface area (Å²) in [7, 11) is 0. The zero-order chi connectivity index (χ0) is 17.6. The van der Waals surface area contributed by atoms with Crippen LogP contribution in [0.15, 0.2) is 48.7 Å². The van der Waals surface area contributed by atoms with Gasteiger partial charge in [0.25, 0.3) is 5.91 Å². The van der Waals surface area contributed by atoms with Crippen molar-refractivity contribution in [1.82, 2.24) is 9.88 Å². The van der Waals surface area contributed by atoms with Crippen molar-refractivity contribution in [1.29, 1.82) is 0 Å². The van der Waals surface area contributed by atoms with Crippen molar-refractivity contribution in [3.8, 4) is 11.6 Å². The highest BCUT2D eigenvalue weighted by molar-refractivity contribution is 5.78. The molecule has 1 aromatic heterocycles. The van der Waals surface area contributed by atoms with Gasteiger partial charge in [-0.15, -0.1) is 0 Å². The summed E-state index contributed by atoms with van der Waals surface area (Å²) >= 11 is 0. The number of benzene rings is 1. The van der Waals surface area contributed by atoms with Crippen LogP contribution >= 0.6 is 0 Å². The third-order valence-corrected chi connectivity index (χ3v) is 4.33. The first-order valence-corrected chi connectivity index (χ1v) is 8.70. The lowest BCUT2D eigenvalue weighted by Crippen LogP contribution is -2.34. The molecule has 1 unspecified atom stereocenters. The van der Waals surface area contributed by atoms with Gasteiger partial charge >= 0.3 is 0 Å². The molecule has 0 radical (unpaired) electrons. The van der Waals surface area contributed by atoms with E-state index in [1.165, 1.54) is 5.56 Å². The highest BCUT2D eigenvalue weighted by Crippen LogP contribution is 2.19. The van der Waals surface area contributed by atoms with Crippen LogP contribution in [-0.2, 0) is 4.79 Å². The minimum atomic E-state index is -0.0138. The summed E-state index contributed by atoms with van der Waals surface area (Å²) in [6.07, 6.45) is 2.50. The number of hydrogen-bond acceptors (Lipinski definition) is 4. The van der Waals surface area contributed by atoms with Crippen molar-refractivity contribution in [2.45, 2.75) is 32.3 Å². The number of aromatic nitrogens is 1. The second-order valence-electron chi connectivity index (χ2n) is 6.55. The van der Waals surface area contributed by atoms with Crippen LogP contribution in [0.1, 0.15) is 31.7 Å². The number of ether oxygens (including phenoxy) is 2. The molecular weight excluding hydrogens is 316 g/mol. The van der Waals surface area contributed by atoms with Crippen molar-refractivity contribution in [2.75, 3.05) is 19.7 Å². The zero-order valence-corrected chi connectivity index (χ0v) is 14.7. The van der Waals surface area contributed by atoms with Crippen LogP contribution in [0.3, 0.4) is 0 Å². The summed E-state index contributed by atoms with van der Waals surface area (Å²) in [6, 6.07) is 13.5. The molecule has 1 aliphatic heterocycles. The highest BCUT2D eigenvalue weighted by Gasteiger charge is 2.28. The summed E-state index contributed by atoms with van der Waals surface area (Å²) < 4.78 is 11.4. The predicted molar refractivity (Wildman–Crippen MR) is 95.9 cm³/mol. The molecular formula is C20H24N2O3. The van der Waals surface area contributed by atoms with Crippen LogP contribution in [0, 0.1) is 0 Å². The number of amides is 1. The molecule has 1 saturated heterocycles. The van der Waals surface area contributed by atoms with Crippen molar-refractivity contribution < 1.29 is 14.3 Å². The molecule has 0 aliphatic carbocycles. The van der Waals surface area contributed by atoms with Crippen molar-refractivity contribution in [2.24, 2.45) is 0 Å². The van der Waals surface area contributed by atoms with Crippen LogP contribution < -0.4 is 9.47 Å². The lowest BCUT2D eigenvalue weighted by molar-refractivity contribution is -0.132. The average Bonchev–Trinajstić information content (AvgIpc) is 3.09. The van der Waals surface area contributed by atoms with Crippen LogP contribution in [0.4, 0.5) is 0 Å². The summed E-state index contributed by atoms with van der Waals surface area (Å²) in [5.41, 5.74) is 1.26. The number of hydrogen-bond donors (Lipinski definition) is 0. The van der Waals surface area contributed by atoms with Crippen LogP contribution in [0.25, 0.3) is 0 Å². The minimum Gasteiger partial charge on any atom is -0.484 e. The molecule has 1 atom stereocenters. The molecule has 1 aromatic carbocycles. The maximum atomic E-state index is 12.3. The molecule has 5 nitrogen and oxygen atoms in total. The third kappa shape index (κ3) is 4.72. The molecule has 1 fully saturated rings. The van der Waals surface area contributed by atoms with Crippen molar-refractivity contribution in [3.05, 3.63) is 54.2 Å². The smallest absolute Gasteiger partial charge is 0.260 e. The van der Waals surface area contributed by atoms with E-state index in [0.717, 1.165) is 12.2 Å². The van der Waals surface area contributed by atoms with Crippen LogP contribution in [0.5, 0.6) is 11.6 Å². The second kappa shape index (κ2) is 8.01. The Balaban J connectivity index is 1.46. The highest BCUT2D eigenvalue weighted by atomic mass is 16.5. The summed E-state index contributed by atoms with van der Waals surface area (Å²) in [6.45, 7) is 5.61. The standard InChI is InChI=1S/C20H24N2O3/c1-15(2)16-6-8-17(9-7-16)24-14-20(23)22-12-10-18(13-22)25-19-5-3-4-11-21-19/h3-9,11,15,18H,10,12-14H2,1-2H3. The number of likely N-dealkylation sites (tertiary alicyclic amines) is 1. The second-order valence-corrected chi connectivity index (χ2v) is 6.55. The zero-order valence-electron chi connectivity index (χ0n) is 14.7. The van der Waals surface area contributed by atoms with Gasteiger partial charge in [0.2, 0.25) is 5.88 Å². The Labute approximate surface area is 148 Å². The van der Waals surface area contributed by atoms with Gasteiger partial charge in [0.05, 0.1) is 6.54 Å². The topological polar surface area (TPSA) is 51.7 Å². The van der Waals surface area contributed by atoms with Gasteiger partial charge in [-0.1, -0.05) is 32.0 Å². The number of carbonyl (C=O) groups is 1. The fourth-order valence-corrected chi connectivity index (χ4v) is 2.82. The Morgan fingerprint density at radius 1 is 1.24 bits per heavy atom. The van der Waals surface area contributed by atoms with E-state index >= 15 is 0 Å². The summed E-state index contributed by atoms with van der Waals surface area (Å²) in [5.74, 6) is 1.79. The molecule has 5 heteroatoms. The molecule has 132 valence electrons. The van der Waals surface area contributed by atoms with E-state index in [1.54, 1.807) is 11.1 Å². The van der Waals surface area contributed by atoms with E-state index in [-0.39, 0.29) is 18.6 Å². The number of rotatable bonds is 6. The Morgan fingerprint density at radius 2 is 2.04 bits per heavy atom. The largest absolute Gasteiger partial charge is 0.484 e. The Morgan fingerprint density at radius 3 is 2.72 bits per heavy atom. The SMILES string of the molecule is CC(C)c1ccc(OCC(=O)N2CCC(Oc3ccccn3)C2)cc1. The van der Waals surface area contributed by atoms with Gasteiger partial charge in [-0.3, -0.25) is 4.79 Å². The normalized spacial score (nSPS) is 16.9. The Hall–Kier alpha value is -2.56. The monoisotopic (exact) mass is 340 g/mol.